The number of rotatable bonds is 8. The summed E-state index contributed by atoms with van der Waals surface area (Å²) in [5, 5.41) is 24.8. The average molecular weight is 469 g/mol. The Bertz CT molecular complexity index is 1340. The molecule has 0 spiro atoms. The molecule has 0 saturated heterocycles. The topological polar surface area (TPSA) is 124 Å². The van der Waals surface area contributed by atoms with E-state index >= 15 is 0 Å². The van der Waals surface area contributed by atoms with Crippen molar-refractivity contribution in [3.05, 3.63) is 102 Å². The predicted octanol–water partition coefficient (Wildman–Crippen LogP) is 4.33. The first kappa shape index (κ1) is 23.4. The third-order valence-electron chi connectivity index (χ3n) is 5.28. The van der Waals surface area contributed by atoms with Crippen molar-refractivity contribution in [1.29, 1.82) is 0 Å². The third-order valence-corrected chi connectivity index (χ3v) is 5.28. The monoisotopic (exact) mass is 468 g/mol. The number of hydrogen-bond acceptors (Lipinski definition) is 6. The van der Waals surface area contributed by atoms with E-state index in [2.05, 4.69) is 20.6 Å². The Morgan fingerprint density at radius 1 is 0.914 bits per heavy atom. The molecule has 4 aromatic rings. The van der Waals surface area contributed by atoms with Gasteiger partial charge in [0.25, 0.3) is 5.91 Å². The van der Waals surface area contributed by atoms with Crippen molar-refractivity contribution < 1.29 is 19.8 Å². The fourth-order valence-electron chi connectivity index (χ4n) is 3.58. The highest BCUT2D eigenvalue weighted by molar-refractivity contribution is 5.97. The molecule has 1 atom stereocenters. The highest BCUT2D eigenvalue weighted by Crippen LogP contribution is 2.22. The van der Waals surface area contributed by atoms with E-state index in [0.717, 1.165) is 11.3 Å². The predicted molar refractivity (Wildman–Crippen MR) is 133 cm³/mol. The molecule has 1 aromatic heterocycles. The van der Waals surface area contributed by atoms with Crippen LogP contribution in [-0.2, 0) is 11.2 Å². The summed E-state index contributed by atoms with van der Waals surface area (Å²) in [7, 11) is 0. The van der Waals surface area contributed by atoms with Crippen LogP contribution in [0, 0.1) is 6.92 Å². The molecular formula is C27H24N4O4. The summed E-state index contributed by atoms with van der Waals surface area (Å²) >= 11 is 0. The van der Waals surface area contributed by atoms with Gasteiger partial charge in [0.05, 0.1) is 5.69 Å². The smallest absolute Gasteiger partial charge is 0.326 e. The maximum absolute atomic E-state index is 12.8. The summed E-state index contributed by atoms with van der Waals surface area (Å²) in [5.74, 6) is -0.399. The summed E-state index contributed by atoms with van der Waals surface area (Å²) in [6.07, 6.45) is 0.0851. The van der Waals surface area contributed by atoms with Gasteiger partial charge in [-0.05, 0) is 42.8 Å². The molecule has 0 bridgehead atoms. The number of amides is 1. The van der Waals surface area contributed by atoms with Crippen LogP contribution >= 0.6 is 0 Å². The van der Waals surface area contributed by atoms with Gasteiger partial charge < -0.3 is 20.8 Å². The largest absolute Gasteiger partial charge is 0.508 e. The number of carboxylic acids is 1. The van der Waals surface area contributed by atoms with Gasteiger partial charge >= 0.3 is 5.97 Å². The Hall–Kier alpha value is -4.72. The second-order valence-electron chi connectivity index (χ2n) is 7.99. The highest BCUT2D eigenvalue weighted by Gasteiger charge is 2.21. The molecule has 0 saturated carbocycles. The number of aromatic hydroxyl groups is 1. The molecule has 1 unspecified atom stereocenters. The number of nitrogens with one attached hydrogen (secondary N) is 2. The first-order valence-corrected chi connectivity index (χ1v) is 11.0. The molecule has 8 nitrogen and oxygen atoms in total. The number of aryl methyl sites for hydroxylation is 1. The van der Waals surface area contributed by atoms with E-state index in [1.54, 1.807) is 36.4 Å². The van der Waals surface area contributed by atoms with Crippen LogP contribution in [0.25, 0.3) is 11.3 Å². The van der Waals surface area contributed by atoms with Gasteiger partial charge in [0.15, 0.2) is 0 Å². The summed E-state index contributed by atoms with van der Waals surface area (Å²) in [6.45, 7) is 1.81. The molecule has 0 fully saturated rings. The van der Waals surface area contributed by atoms with Gasteiger partial charge in [-0.1, -0.05) is 48.5 Å². The minimum atomic E-state index is -1.15. The zero-order valence-electron chi connectivity index (χ0n) is 19.0. The lowest BCUT2D eigenvalue weighted by Crippen LogP contribution is -2.42. The van der Waals surface area contributed by atoms with Gasteiger partial charge in [0.2, 0.25) is 0 Å². The van der Waals surface area contributed by atoms with Crippen molar-refractivity contribution in [3.63, 3.8) is 0 Å². The molecule has 0 radical (unpaired) electrons. The SMILES string of the molecule is Cc1nc(Nc2cccc(C(=O)NC(Cc3ccc(O)cc3)C(=O)O)c2)cc(-c2ccccc2)n1. The minimum absolute atomic E-state index is 0.0851. The Kier molecular flexibility index (Phi) is 7.02. The molecule has 176 valence electrons. The van der Waals surface area contributed by atoms with E-state index in [-0.39, 0.29) is 12.2 Å². The second kappa shape index (κ2) is 10.5. The van der Waals surface area contributed by atoms with Gasteiger partial charge in [-0.3, -0.25) is 4.79 Å². The standard InChI is InChI=1S/C27H24N4O4/c1-17-28-23(19-6-3-2-4-7-19)16-25(29-17)30-21-9-5-8-20(15-21)26(33)31-24(27(34)35)14-18-10-12-22(32)13-11-18/h2-13,15-16,24,32H,14H2,1H3,(H,31,33)(H,34,35)(H,28,29,30). The summed E-state index contributed by atoms with van der Waals surface area (Å²) in [4.78, 5) is 33.5. The van der Waals surface area contributed by atoms with Crippen LogP contribution < -0.4 is 10.6 Å². The van der Waals surface area contributed by atoms with Crippen molar-refractivity contribution in [2.24, 2.45) is 0 Å². The van der Waals surface area contributed by atoms with E-state index in [9.17, 15) is 19.8 Å². The number of benzene rings is 3. The number of carbonyl (C=O) groups excluding carboxylic acids is 1. The first-order chi connectivity index (χ1) is 16.9. The molecule has 4 N–H and O–H groups in total. The van der Waals surface area contributed by atoms with Crippen molar-refractivity contribution in [2.45, 2.75) is 19.4 Å². The summed E-state index contributed by atoms with van der Waals surface area (Å²) < 4.78 is 0. The number of nitrogens with zero attached hydrogens (tertiary/aromatic N) is 2. The fourth-order valence-corrected chi connectivity index (χ4v) is 3.58. The maximum Gasteiger partial charge on any atom is 0.326 e. The quantitative estimate of drug-likeness (QED) is 0.303. The lowest BCUT2D eigenvalue weighted by atomic mass is 10.1. The number of carbonyl (C=O) groups is 2. The van der Waals surface area contributed by atoms with Crippen LogP contribution in [0.2, 0.25) is 0 Å². The lowest BCUT2D eigenvalue weighted by molar-refractivity contribution is -0.139. The Morgan fingerprint density at radius 3 is 2.37 bits per heavy atom. The van der Waals surface area contributed by atoms with Crippen molar-refractivity contribution in [2.75, 3.05) is 5.32 Å². The molecule has 1 heterocycles. The number of aliphatic carboxylic acids is 1. The Morgan fingerprint density at radius 2 is 1.66 bits per heavy atom. The van der Waals surface area contributed by atoms with Crippen LogP contribution in [0.4, 0.5) is 11.5 Å². The summed E-state index contributed by atoms with van der Waals surface area (Å²) in [6, 6.07) is 23.4. The summed E-state index contributed by atoms with van der Waals surface area (Å²) in [5.41, 5.74) is 3.34. The zero-order valence-corrected chi connectivity index (χ0v) is 19.0. The van der Waals surface area contributed by atoms with Crippen LogP contribution in [0.3, 0.4) is 0 Å². The van der Waals surface area contributed by atoms with E-state index < -0.39 is 17.9 Å². The van der Waals surface area contributed by atoms with Gasteiger partial charge in [-0.15, -0.1) is 0 Å². The average Bonchev–Trinajstić information content (AvgIpc) is 2.85. The number of aromatic nitrogens is 2. The highest BCUT2D eigenvalue weighted by atomic mass is 16.4. The van der Waals surface area contributed by atoms with Gasteiger partial charge in [0, 0.05) is 29.3 Å². The maximum atomic E-state index is 12.8. The van der Waals surface area contributed by atoms with Crippen LogP contribution in [0.1, 0.15) is 21.7 Å². The van der Waals surface area contributed by atoms with E-state index in [1.807, 2.05) is 43.3 Å². The Labute approximate surface area is 202 Å². The number of phenols is 1. The van der Waals surface area contributed by atoms with E-state index in [0.29, 0.717) is 28.5 Å². The molecule has 0 aliphatic rings. The number of phenolic OH excluding ortho intramolecular Hbond substituents is 1. The second-order valence-corrected chi connectivity index (χ2v) is 7.99. The molecular weight excluding hydrogens is 444 g/mol. The normalized spacial score (nSPS) is 11.5. The molecule has 0 aliphatic heterocycles. The number of carboxylic acid groups (broad SMARTS) is 1. The van der Waals surface area contributed by atoms with Crippen LogP contribution in [-0.4, -0.2) is 38.1 Å². The molecule has 35 heavy (non-hydrogen) atoms. The molecule has 1 amide bonds. The molecule has 8 heteroatoms. The van der Waals surface area contributed by atoms with Crippen LogP contribution in [0.5, 0.6) is 5.75 Å². The van der Waals surface area contributed by atoms with Gasteiger partial charge in [-0.2, -0.15) is 0 Å². The molecule has 0 aliphatic carbocycles. The van der Waals surface area contributed by atoms with E-state index in [4.69, 9.17) is 0 Å². The fraction of sp³-hybridized carbons (Fsp3) is 0.111. The van der Waals surface area contributed by atoms with Gasteiger partial charge in [0.1, 0.15) is 23.4 Å². The first-order valence-electron chi connectivity index (χ1n) is 11.0. The molecule has 4 rings (SSSR count). The van der Waals surface area contributed by atoms with E-state index in [1.165, 1.54) is 12.1 Å². The minimum Gasteiger partial charge on any atom is -0.508 e. The van der Waals surface area contributed by atoms with Crippen molar-refractivity contribution in [1.82, 2.24) is 15.3 Å². The number of hydrogen-bond donors (Lipinski definition) is 4. The third kappa shape index (κ3) is 6.20. The van der Waals surface area contributed by atoms with Crippen molar-refractivity contribution >= 4 is 23.4 Å². The van der Waals surface area contributed by atoms with Crippen LogP contribution in [0.15, 0.2) is 84.9 Å². The van der Waals surface area contributed by atoms with Crippen molar-refractivity contribution in [3.8, 4) is 17.0 Å². The number of anilines is 2. The lowest BCUT2D eigenvalue weighted by Gasteiger charge is -2.15. The molecule has 3 aromatic carbocycles. The zero-order chi connectivity index (χ0) is 24.8. The Balaban J connectivity index is 1.49. The van der Waals surface area contributed by atoms with Gasteiger partial charge in [-0.25, -0.2) is 14.8 Å².